The maximum Gasteiger partial charge on any atom is 0.336 e. The fourth-order valence-electron chi connectivity index (χ4n) is 3.34. The first-order valence-corrected chi connectivity index (χ1v) is 9.66. The molecule has 0 unspecified atom stereocenters. The Morgan fingerprint density at radius 2 is 1.81 bits per heavy atom. The number of ether oxygens (including phenoxy) is 1. The van der Waals surface area contributed by atoms with E-state index in [9.17, 15) is 9.59 Å². The van der Waals surface area contributed by atoms with Crippen LogP contribution in [0, 0.1) is 0 Å². The van der Waals surface area contributed by atoms with Gasteiger partial charge in [0, 0.05) is 23.1 Å². The fourth-order valence-corrected chi connectivity index (χ4v) is 3.34. The van der Waals surface area contributed by atoms with Crippen LogP contribution in [0.3, 0.4) is 0 Å². The van der Waals surface area contributed by atoms with E-state index in [1.807, 2.05) is 48.5 Å². The van der Waals surface area contributed by atoms with Gasteiger partial charge in [-0.2, -0.15) is 0 Å². The van der Waals surface area contributed by atoms with Crippen LogP contribution in [-0.2, 0) is 4.79 Å². The van der Waals surface area contributed by atoms with Crippen LogP contribution in [0.2, 0.25) is 0 Å². The average Bonchev–Trinajstić information content (AvgIpc) is 3.22. The number of anilines is 1. The highest BCUT2D eigenvalue weighted by Gasteiger charge is 2.12. The number of H-pyrrole nitrogens is 1. The lowest BCUT2D eigenvalue weighted by Crippen LogP contribution is -2.20. The summed E-state index contributed by atoms with van der Waals surface area (Å²) in [5.74, 6) is 0.781. The van der Waals surface area contributed by atoms with Crippen molar-refractivity contribution in [1.29, 1.82) is 0 Å². The third-order valence-corrected chi connectivity index (χ3v) is 4.81. The SMILES string of the molecule is O=C(COc1ccc2ccc(=O)oc2c1)Nc1ccccc1-c1nc2ccccc2[nH]1. The van der Waals surface area contributed by atoms with Crippen molar-refractivity contribution in [2.45, 2.75) is 0 Å². The molecule has 0 aliphatic rings. The molecule has 0 aliphatic carbocycles. The number of imidazole rings is 1. The zero-order valence-electron chi connectivity index (χ0n) is 16.3. The quantitative estimate of drug-likeness (QED) is 0.419. The Balaban J connectivity index is 1.32. The van der Waals surface area contributed by atoms with Crippen molar-refractivity contribution in [3.05, 3.63) is 89.3 Å². The van der Waals surface area contributed by atoms with Crippen LogP contribution in [0.5, 0.6) is 5.75 Å². The molecule has 2 N–H and O–H groups in total. The molecule has 5 aromatic rings. The predicted octanol–water partition coefficient (Wildman–Crippen LogP) is 4.35. The topological polar surface area (TPSA) is 97.2 Å². The Bertz CT molecular complexity index is 1440. The number of carbonyl (C=O) groups is 1. The molecule has 0 saturated carbocycles. The molecule has 7 nitrogen and oxygen atoms in total. The van der Waals surface area contributed by atoms with Crippen molar-refractivity contribution in [1.82, 2.24) is 9.97 Å². The number of nitrogens with one attached hydrogen (secondary N) is 2. The predicted molar refractivity (Wildman–Crippen MR) is 118 cm³/mol. The number of hydrogen-bond acceptors (Lipinski definition) is 5. The zero-order chi connectivity index (χ0) is 21.2. The molecular weight excluding hydrogens is 394 g/mol. The van der Waals surface area contributed by atoms with E-state index in [-0.39, 0.29) is 12.5 Å². The van der Waals surface area contributed by atoms with E-state index in [2.05, 4.69) is 15.3 Å². The van der Waals surface area contributed by atoms with Gasteiger partial charge in [-0.25, -0.2) is 9.78 Å². The van der Waals surface area contributed by atoms with Crippen LogP contribution in [-0.4, -0.2) is 22.5 Å². The second kappa shape index (κ2) is 7.79. The fraction of sp³-hybridized carbons (Fsp3) is 0.0417. The minimum absolute atomic E-state index is 0.197. The van der Waals surface area contributed by atoms with E-state index in [4.69, 9.17) is 9.15 Å². The van der Waals surface area contributed by atoms with Gasteiger partial charge >= 0.3 is 5.63 Å². The molecule has 0 saturated heterocycles. The normalized spacial score (nSPS) is 11.0. The minimum Gasteiger partial charge on any atom is -0.484 e. The number of para-hydroxylation sites is 3. The van der Waals surface area contributed by atoms with Gasteiger partial charge in [-0.05, 0) is 42.5 Å². The first-order chi connectivity index (χ1) is 15.2. The van der Waals surface area contributed by atoms with E-state index >= 15 is 0 Å². The molecule has 0 aliphatic heterocycles. The van der Waals surface area contributed by atoms with Crippen LogP contribution in [0.25, 0.3) is 33.4 Å². The molecule has 2 aromatic heterocycles. The van der Waals surface area contributed by atoms with Gasteiger partial charge in [0.2, 0.25) is 0 Å². The maximum absolute atomic E-state index is 12.5. The number of amides is 1. The molecule has 0 atom stereocenters. The lowest BCUT2D eigenvalue weighted by Gasteiger charge is -2.10. The summed E-state index contributed by atoms with van der Waals surface area (Å²) in [6, 6.07) is 23.3. The van der Waals surface area contributed by atoms with Crippen molar-refractivity contribution >= 4 is 33.6 Å². The summed E-state index contributed by atoms with van der Waals surface area (Å²) >= 11 is 0. The Morgan fingerprint density at radius 3 is 2.71 bits per heavy atom. The second-order valence-corrected chi connectivity index (χ2v) is 6.94. The number of nitrogens with zero attached hydrogens (tertiary/aromatic N) is 1. The summed E-state index contributed by atoms with van der Waals surface area (Å²) in [5.41, 5.74) is 3.14. The minimum atomic E-state index is -0.440. The molecule has 3 aromatic carbocycles. The number of carbonyl (C=O) groups excluding carboxylic acids is 1. The molecule has 0 spiro atoms. The van der Waals surface area contributed by atoms with Gasteiger partial charge < -0.3 is 19.5 Å². The first-order valence-electron chi connectivity index (χ1n) is 9.66. The average molecular weight is 411 g/mol. The van der Waals surface area contributed by atoms with Gasteiger partial charge in [0.15, 0.2) is 6.61 Å². The standard InChI is InChI=1S/C24H17N3O4/c28-22(14-30-16-11-9-15-10-12-23(29)31-21(15)13-16)25-18-6-2-1-5-17(18)24-26-19-7-3-4-8-20(19)27-24/h1-13H,14H2,(H,25,28)(H,26,27). The highest BCUT2D eigenvalue weighted by atomic mass is 16.5. The molecule has 2 heterocycles. The number of aromatic nitrogens is 2. The van der Waals surface area contributed by atoms with Crippen molar-refractivity contribution in [2.75, 3.05) is 11.9 Å². The smallest absolute Gasteiger partial charge is 0.336 e. The third-order valence-electron chi connectivity index (χ3n) is 4.81. The summed E-state index contributed by atoms with van der Waals surface area (Å²) in [6.45, 7) is -0.197. The summed E-state index contributed by atoms with van der Waals surface area (Å²) in [6.07, 6.45) is 0. The summed E-state index contributed by atoms with van der Waals surface area (Å²) < 4.78 is 10.7. The molecule has 0 fully saturated rings. The van der Waals surface area contributed by atoms with Crippen molar-refractivity contribution in [3.63, 3.8) is 0 Å². The van der Waals surface area contributed by atoms with Crippen molar-refractivity contribution < 1.29 is 13.9 Å². The van der Waals surface area contributed by atoms with Gasteiger partial charge in [-0.3, -0.25) is 4.79 Å². The molecule has 1 amide bonds. The van der Waals surface area contributed by atoms with E-state index in [1.54, 1.807) is 24.3 Å². The Kier molecular flexibility index (Phi) is 4.68. The lowest BCUT2D eigenvalue weighted by atomic mass is 10.1. The van der Waals surface area contributed by atoms with Gasteiger partial charge in [0.25, 0.3) is 5.91 Å². The molecule has 5 rings (SSSR count). The highest BCUT2D eigenvalue weighted by Crippen LogP contribution is 2.27. The van der Waals surface area contributed by atoms with E-state index in [0.717, 1.165) is 22.0 Å². The molecule has 31 heavy (non-hydrogen) atoms. The molecular formula is C24H17N3O4. The van der Waals surface area contributed by atoms with Crippen molar-refractivity contribution in [3.8, 4) is 17.1 Å². The summed E-state index contributed by atoms with van der Waals surface area (Å²) in [5, 5.41) is 3.65. The largest absolute Gasteiger partial charge is 0.484 e. The summed E-state index contributed by atoms with van der Waals surface area (Å²) in [7, 11) is 0. The Morgan fingerprint density at radius 1 is 1.00 bits per heavy atom. The van der Waals surface area contributed by atoms with Crippen LogP contribution in [0.4, 0.5) is 5.69 Å². The Hall–Kier alpha value is -4.39. The van der Waals surface area contributed by atoms with Gasteiger partial charge in [-0.1, -0.05) is 24.3 Å². The van der Waals surface area contributed by atoms with E-state index < -0.39 is 5.63 Å². The first kappa shape index (κ1) is 18.6. The number of rotatable bonds is 5. The van der Waals surface area contributed by atoms with E-state index in [1.165, 1.54) is 6.07 Å². The number of fused-ring (bicyclic) bond motifs is 2. The van der Waals surface area contributed by atoms with Crippen LogP contribution < -0.4 is 15.7 Å². The molecule has 0 bridgehead atoms. The molecule has 7 heteroatoms. The third kappa shape index (κ3) is 3.89. The van der Waals surface area contributed by atoms with Gasteiger partial charge in [0.05, 0.1) is 16.7 Å². The monoisotopic (exact) mass is 411 g/mol. The Labute approximate surface area is 176 Å². The van der Waals surface area contributed by atoms with Gasteiger partial charge in [0.1, 0.15) is 17.2 Å². The maximum atomic E-state index is 12.5. The van der Waals surface area contributed by atoms with E-state index in [0.29, 0.717) is 22.8 Å². The van der Waals surface area contributed by atoms with Gasteiger partial charge in [-0.15, -0.1) is 0 Å². The van der Waals surface area contributed by atoms with Crippen molar-refractivity contribution in [2.24, 2.45) is 0 Å². The second-order valence-electron chi connectivity index (χ2n) is 6.94. The number of hydrogen-bond donors (Lipinski definition) is 2. The van der Waals surface area contributed by atoms with Crippen LogP contribution in [0.15, 0.2) is 88.1 Å². The number of aromatic amines is 1. The molecule has 152 valence electrons. The summed E-state index contributed by atoms with van der Waals surface area (Å²) in [4.78, 5) is 31.8. The lowest BCUT2D eigenvalue weighted by molar-refractivity contribution is -0.118. The van der Waals surface area contributed by atoms with Crippen LogP contribution in [0.1, 0.15) is 0 Å². The number of benzene rings is 3. The molecule has 0 radical (unpaired) electrons. The zero-order valence-corrected chi connectivity index (χ0v) is 16.3. The highest BCUT2D eigenvalue weighted by molar-refractivity contribution is 5.96. The van der Waals surface area contributed by atoms with Crippen LogP contribution >= 0.6 is 0 Å².